The average molecular weight is 249 g/mol. The minimum atomic E-state index is 0.732. The molecule has 1 nitrogen and oxygen atoms in total. The highest BCUT2D eigenvalue weighted by Gasteiger charge is 2.14. The molecule has 94 valence electrons. The van der Waals surface area contributed by atoms with Crippen molar-refractivity contribution in [2.24, 2.45) is 5.92 Å². The number of benzene rings is 1. The van der Waals surface area contributed by atoms with E-state index in [-0.39, 0.29) is 0 Å². The van der Waals surface area contributed by atoms with Gasteiger partial charge in [-0.05, 0) is 35.6 Å². The van der Waals surface area contributed by atoms with E-state index < -0.39 is 0 Å². The number of rotatable bonds is 5. The Morgan fingerprint density at radius 1 is 1.24 bits per heavy atom. The highest BCUT2D eigenvalue weighted by Crippen LogP contribution is 2.17. The molecule has 0 aliphatic carbocycles. The first-order valence-electron chi connectivity index (χ1n) is 6.63. The van der Waals surface area contributed by atoms with Crippen LogP contribution in [0.3, 0.4) is 0 Å². The minimum absolute atomic E-state index is 0.732. The van der Waals surface area contributed by atoms with E-state index in [0.717, 1.165) is 18.5 Å². The first-order chi connectivity index (χ1) is 8.24. The molecule has 1 aliphatic rings. The molecule has 1 heterocycles. The van der Waals surface area contributed by atoms with Crippen LogP contribution in [0.1, 0.15) is 31.4 Å². The smallest absolute Gasteiger partial charge is 0.0208 e. The zero-order valence-electron chi connectivity index (χ0n) is 10.9. The summed E-state index contributed by atoms with van der Waals surface area (Å²) in [5.74, 6) is 3.35. The van der Waals surface area contributed by atoms with Crippen LogP contribution in [-0.4, -0.2) is 17.5 Å². The summed E-state index contributed by atoms with van der Waals surface area (Å²) in [6.07, 6.45) is 2.52. The van der Waals surface area contributed by atoms with E-state index in [9.17, 15) is 0 Å². The summed E-state index contributed by atoms with van der Waals surface area (Å²) < 4.78 is 0. The van der Waals surface area contributed by atoms with Gasteiger partial charge in [-0.2, -0.15) is 11.8 Å². The van der Waals surface area contributed by atoms with E-state index in [0.29, 0.717) is 0 Å². The van der Waals surface area contributed by atoms with Crippen LogP contribution in [0.5, 0.6) is 0 Å². The summed E-state index contributed by atoms with van der Waals surface area (Å²) in [6, 6.07) is 9.83. The monoisotopic (exact) mass is 249 g/mol. The molecule has 1 aliphatic heterocycles. The quantitative estimate of drug-likeness (QED) is 0.857. The van der Waals surface area contributed by atoms with Gasteiger partial charge in [-0.25, -0.2) is 0 Å². The molecule has 1 aromatic carbocycles. The standard InChI is InChI=1S/C15H23NS/c1-12(2)9-13-3-5-14(6-4-13)10-16-15-7-8-17-11-15/h3-6,12,15-16H,7-11H2,1-2H3. The molecule has 1 unspecified atom stereocenters. The van der Waals surface area contributed by atoms with Gasteiger partial charge in [0.2, 0.25) is 0 Å². The molecule has 0 radical (unpaired) electrons. The maximum absolute atomic E-state index is 3.64. The lowest BCUT2D eigenvalue weighted by atomic mass is 10.0. The van der Waals surface area contributed by atoms with Gasteiger partial charge in [0.15, 0.2) is 0 Å². The van der Waals surface area contributed by atoms with Crippen molar-refractivity contribution in [3.63, 3.8) is 0 Å². The molecule has 0 bridgehead atoms. The largest absolute Gasteiger partial charge is 0.309 e. The SMILES string of the molecule is CC(C)Cc1ccc(CNC2CCSC2)cc1. The lowest BCUT2D eigenvalue weighted by Crippen LogP contribution is -2.27. The summed E-state index contributed by atoms with van der Waals surface area (Å²) >= 11 is 2.06. The average Bonchev–Trinajstić information content (AvgIpc) is 2.80. The van der Waals surface area contributed by atoms with Crippen LogP contribution in [0.25, 0.3) is 0 Å². The summed E-state index contributed by atoms with van der Waals surface area (Å²) in [5.41, 5.74) is 2.87. The van der Waals surface area contributed by atoms with Crippen molar-refractivity contribution < 1.29 is 0 Å². The highest BCUT2D eigenvalue weighted by molar-refractivity contribution is 7.99. The number of nitrogens with one attached hydrogen (secondary N) is 1. The molecule has 1 fully saturated rings. The van der Waals surface area contributed by atoms with Gasteiger partial charge in [0.25, 0.3) is 0 Å². The Balaban J connectivity index is 1.80. The van der Waals surface area contributed by atoms with Gasteiger partial charge < -0.3 is 5.32 Å². The fraction of sp³-hybridized carbons (Fsp3) is 0.600. The second kappa shape index (κ2) is 6.46. The van der Waals surface area contributed by atoms with Crippen LogP contribution >= 0.6 is 11.8 Å². The molecule has 0 spiro atoms. The fourth-order valence-corrected chi connectivity index (χ4v) is 3.41. The summed E-state index contributed by atoms with van der Waals surface area (Å²) in [5, 5.41) is 3.64. The molecule has 1 atom stereocenters. The molecule has 17 heavy (non-hydrogen) atoms. The van der Waals surface area contributed by atoms with Crippen molar-refractivity contribution in [2.45, 2.75) is 39.3 Å². The van der Waals surface area contributed by atoms with E-state index in [1.54, 1.807) is 0 Å². The predicted molar refractivity (Wildman–Crippen MR) is 77.6 cm³/mol. The zero-order chi connectivity index (χ0) is 12.1. The molecule has 1 saturated heterocycles. The van der Waals surface area contributed by atoms with Gasteiger partial charge in [-0.1, -0.05) is 38.1 Å². The molecule has 0 saturated carbocycles. The predicted octanol–water partition coefficient (Wildman–Crippen LogP) is 3.48. The van der Waals surface area contributed by atoms with Crippen molar-refractivity contribution in [1.29, 1.82) is 0 Å². The second-order valence-corrected chi connectivity index (χ2v) is 6.51. The van der Waals surface area contributed by atoms with Crippen molar-refractivity contribution in [1.82, 2.24) is 5.32 Å². The third-order valence-corrected chi connectivity index (χ3v) is 4.35. The van der Waals surface area contributed by atoms with Crippen molar-refractivity contribution in [2.75, 3.05) is 11.5 Å². The Morgan fingerprint density at radius 2 is 1.94 bits per heavy atom. The molecular weight excluding hydrogens is 226 g/mol. The number of hydrogen-bond donors (Lipinski definition) is 1. The van der Waals surface area contributed by atoms with Crippen molar-refractivity contribution >= 4 is 11.8 Å². The van der Waals surface area contributed by atoms with Gasteiger partial charge in [0, 0.05) is 18.3 Å². The highest BCUT2D eigenvalue weighted by atomic mass is 32.2. The Labute approximate surface area is 109 Å². The van der Waals surface area contributed by atoms with E-state index in [4.69, 9.17) is 0 Å². The molecule has 2 rings (SSSR count). The Bertz CT molecular complexity index is 325. The second-order valence-electron chi connectivity index (χ2n) is 5.36. The summed E-state index contributed by atoms with van der Waals surface area (Å²) in [4.78, 5) is 0. The van der Waals surface area contributed by atoms with Gasteiger partial charge in [-0.15, -0.1) is 0 Å². The summed E-state index contributed by atoms with van der Waals surface area (Å²) in [7, 11) is 0. The number of thioether (sulfide) groups is 1. The van der Waals surface area contributed by atoms with Gasteiger partial charge >= 0.3 is 0 Å². The molecule has 0 aromatic heterocycles. The minimum Gasteiger partial charge on any atom is -0.309 e. The molecule has 1 aromatic rings. The summed E-state index contributed by atoms with van der Waals surface area (Å²) in [6.45, 7) is 5.56. The lowest BCUT2D eigenvalue weighted by Gasteiger charge is -2.11. The van der Waals surface area contributed by atoms with Crippen LogP contribution in [0.15, 0.2) is 24.3 Å². The molecule has 2 heteroatoms. The van der Waals surface area contributed by atoms with Gasteiger partial charge in [0.05, 0.1) is 0 Å². The maximum Gasteiger partial charge on any atom is 0.0208 e. The van der Waals surface area contributed by atoms with Crippen LogP contribution in [0.2, 0.25) is 0 Å². The van der Waals surface area contributed by atoms with E-state index in [1.807, 2.05) is 0 Å². The first kappa shape index (κ1) is 13.0. The van der Waals surface area contributed by atoms with Crippen molar-refractivity contribution in [3.05, 3.63) is 35.4 Å². The molecule has 0 amide bonds. The van der Waals surface area contributed by atoms with E-state index in [2.05, 4.69) is 55.2 Å². The molecule has 1 N–H and O–H groups in total. The first-order valence-corrected chi connectivity index (χ1v) is 7.78. The lowest BCUT2D eigenvalue weighted by molar-refractivity contribution is 0.558. The Kier molecular flexibility index (Phi) is 4.93. The third-order valence-electron chi connectivity index (χ3n) is 3.19. The van der Waals surface area contributed by atoms with Crippen LogP contribution in [0.4, 0.5) is 0 Å². The van der Waals surface area contributed by atoms with Gasteiger partial charge in [-0.3, -0.25) is 0 Å². The van der Waals surface area contributed by atoms with Gasteiger partial charge in [0.1, 0.15) is 0 Å². The third kappa shape index (κ3) is 4.36. The molecular formula is C15H23NS. The van der Waals surface area contributed by atoms with Crippen molar-refractivity contribution in [3.8, 4) is 0 Å². The maximum atomic E-state index is 3.64. The Hall–Kier alpha value is -0.470. The zero-order valence-corrected chi connectivity index (χ0v) is 11.7. The van der Waals surface area contributed by atoms with Crippen LogP contribution in [0, 0.1) is 5.92 Å². The Morgan fingerprint density at radius 3 is 2.53 bits per heavy atom. The normalized spacial score (nSPS) is 20.1. The topological polar surface area (TPSA) is 12.0 Å². The van der Waals surface area contributed by atoms with Crippen LogP contribution < -0.4 is 5.32 Å². The fourth-order valence-electron chi connectivity index (χ4n) is 2.22. The number of hydrogen-bond acceptors (Lipinski definition) is 2. The van der Waals surface area contributed by atoms with Crippen LogP contribution in [-0.2, 0) is 13.0 Å². The van der Waals surface area contributed by atoms with E-state index >= 15 is 0 Å². The van der Waals surface area contributed by atoms with E-state index in [1.165, 1.54) is 35.5 Å².